The summed E-state index contributed by atoms with van der Waals surface area (Å²) in [7, 11) is 0. The predicted molar refractivity (Wildman–Crippen MR) is 74.6 cm³/mol. The Morgan fingerprint density at radius 3 is 1.19 bits per heavy atom. The number of allylic oxidation sites excluding steroid dienone is 4. The van der Waals surface area contributed by atoms with Gasteiger partial charge in [0.25, 0.3) is 0 Å². The minimum atomic E-state index is 0.413. The van der Waals surface area contributed by atoms with Crippen molar-refractivity contribution in [3.8, 4) is 11.8 Å². The molecule has 0 aromatic rings. The number of hydrogen-bond donors (Lipinski definition) is 0. The lowest BCUT2D eigenvalue weighted by Gasteiger charge is -2.05. The second kappa shape index (κ2) is 7.05. The molecule has 0 saturated heterocycles. The van der Waals surface area contributed by atoms with Crippen LogP contribution in [0.1, 0.15) is 41.5 Å². The molecule has 0 rings (SSSR count). The van der Waals surface area contributed by atoms with Crippen LogP contribution in [0.3, 0.4) is 0 Å². The van der Waals surface area contributed by atoms with Crippen molar-refractivity contribution in [1.82, 2.24) is 0 Å². The largest absolute Gasteiger partial charge is 0.0899 e. The molecule has 0 saturated carbocycles. The van der Waals surface area contributed by atoms with Crippen LogP contribution in [0, 0.1) is 23.7 Å². The van der Waals surface area contributed by atoms with E-state index in [1.807, 2.05) is 13.8 Å². The topological polar surface area (TPSA) is 0 Å². The average molecular weight is 259 g/mol. The van der Waals surface area contributed by atoms with Gasteiger partial charge >= 0.3 is 0 Å². The molecule has 0 unspecified atom stereocenters. The number of halogens is 2. The first-order chi connectivity index (χ1) is 7.27. The second-order valence-corrected chi connectivity index (χ2v) is 5.31. The first kappa shape index (κ1) is 15.6. The zero-order chi connectivity index (χ0) is 12.9. The fourth-order valence-corrected chi connectivity index (χ4v) is 1.34. The summed E-state index contributed by atoms with van der Waals surface area (Å²) in [6.07, 6.45) is 0. The molecule has 0 fully saturated rings. The summed E-state index contributed by atoms with van der Waals surface area (Å²) in [5, 5.41) is 1.20. The lowest BCUT2D eigenvalue weighted by Crippen LogP contribution is -1.92. The predicted octanol–water partition coefficient (Wildman–Crippen LogP) is 5.33. The van der Waals surface area contributed by atoms with Crippen molar-refractivity contribution in [2.24, 2.45) is 11.8 Å². The van der Waals surface area contributed by atoms with Crippen molar-refractivity contribution in [3.05, 3.63) is 21.2 Å². The van der Waals surface area contributed by atoms with Crippen molar-refractivity contribution in [2.45, 2.75) is 41.5 Å². The quantitative estimate of drug-likeness (QED) is 0.588. The molecule has 0 nitrogen and oxygen atoms in total. The highest BCUT2D eigenvalue weighted by molar-refractivity contribution is 6.34. The molecule has 0 aliphatic carbocycles. The van der Waals surface area contributed by atoms with Gasteiger partial charge in [0, 0.05) is 0 Å². The zero-order valence-electron chi connectivity index (χ0n) is 10.9. The van der Waals surface area contributed by atoms with Crippen LogP contribution in [0.25, 0.3) is 0 Å². The smallest absolute Gasteiger partial charge is 0.0745 e. The van der Waals surface area contributed by atoms with Gasteiger partial charge in [-0.1, -0.05) is 50.9 Å². The van der Waals surface area contributed by atoms with E-state index in [1.165, 1.54) is 0 Å². The minimum absolute atomic E-state index is 0.413. The van der Waals surface area contributed by atoms with Gasteiger partial charge < -0.3 is 0 Å². The van der Waals surface area contributed by atoms with Crippen molar-refractivity contribution in [1.29, 1.82) is 0 Å². The van der Waals surface area contributed by atoms with Crippen molar-refractivity contribution < 1.29 is 0 Å². The van der Waals surface area contributed by atoms with Crippen molar-refractivity contribution >= 4 is 23.2 Å². The van der Waals surface area contributed by atoms with Gasteiger partial charge in [-0.25, -0.2) is 0 Å². The molecule has 0 aromatic heterocycles. The Balaban J connectivity index is 5.03. The maximum atomic E-state index is 6.08. The molecular weight excluding hydrogens is 239 g/mol. The maximum Gasteiger partial charge on any atom is 0.0899 e. The third-order valence-corrected chi connectivity index (χ3v) is 3.49. The number of rotatable bonds is 2. The minimum Gasteiger partial charge on any atom is -0.0745 e. The van der Waals surface area contributed by atoms with E-state index in [1.54, 1.807) is 0 Å². The van der Waals surface area contributed by atoms with E-state index in [4.69, 9.17) is 23.2 Å². The molecule has 0 bridgehead atoms. The lowest BCUT2D eigenvalue weighted by atomic mass is 10.0. The highest BCUT2D eigenvalue weighted by Crippen LogP contribution is 2.19. The highest BCUT2D eigenvalue weighted by Gasteiger charge is 2.03. The van der Waals surface area contributed by atoms with Crippen LogP contribution >= 0.6 is 23.2 Å². The first-order valence-electron chi connectivity index (χ1n) is 5.51. The van der Waals surface area contributed by atoms with Gasteiger partial charge in [-0.2, -0.15) is 0 Å². The molecule has 0 aromatic carbocycles. The monoisotopic (exact) mass is 258 g/mol. The highest BCUT2D eigenvalue weighted by atomic mass is 35.5. The fourth-order valence-electron chi connectivity index (χ4n) is 0.814. The summed E-state index contributed by atoms with van der Waals surface area (Å²) in [4.78, 5) is 0. The summed E-state index contributed by atoms with van der Waals surface area (Å²) in [5.74, 6) is 6.63. The van der Waals surface area contributed by atoms with Crippen LogP contribution in [-0.2, 0) is 0 Å². The molecule has 90 valence electrons. The Morgan fingerprint density at radius 1 is 0.750 bits per heavy atom. The lowest BCUT2D eigenvalue weighted by molar-refractivity contribution is 0.767. The average Bonchev–Trinajstić information content (AvgIpc) is 2.22. The Labute approximate surface area is 110 Å². The van der Waals surface area contributed by atoms with Crippen LogP contribution in [0.2, 0.25) is 0 Å². The van der Waals surface area contributed by atoms with Gasteiger partial charge in [0.2, 0.25) is 0 Å². The maximum absolute atomic E-state index is 6.08. The molecule has 0 radical (unpaired) electrons. The van der Waals surface area contributed by atoms with E-state index in [9.17, 15) is 0 Å². The molecule has 0 N–H and O–H groups in total. The van der Waals surface area contributed by atoms with E-state index in [-0.39, 0.29) is 0 Å². The van der Waals surface area contributed by atoms with Crippen molar-refractivity contribution in [3.63, 3.8) is 0 Å². The molecule has 0 aliphatic heterocycles. The Morgan fingerprint density at radius 2 is 1.00 bits per heavy atom. The van der Waals surface area contributed by atoms with Gasteiger partial charge in [0.05, 0.1) is 10.1 Å². The molecule has 0 amide bonds. The summed E-state index contributed by atoms with van der Waals surface area (Å²) in [5.41, 5.74) is 2.20. The third kappa shape index (κ3) is 5.10. The van der Waals surface area contributed by atoms with E-state index < -0.39 is 0 Å². The van der Waals surface area contributed by atoms with Gasteiger partial charge in [-0.05, 0) is 48.7 Å². The molecule has 0 spiro atoms. The summed E-state index contributed by atoms with van der Waals surface area (Å²) >= 11 is 12.2. The van der Waals surface area contributed by atoms with Crippen LogP contribution in [0.5, 0.6) is 0 Å². The standard InChI is InChI=1S/C14H20Cl2/c1-9(2)11(5)13(15)7-8-14(16)12(6)10(3)4/h9-10H,1-6H3/b13-11-,14-12+. The van der Waals surface area contributed by atoms with E-state index in [2.05, 4.69) is 39.5 Å². The SMILES string of the molecule is C/C(=C(/Cl)C#C/C(Cl)=C(/C)C(C)C)C(C)C. The van der Waals surface area contributed by atoms with Crippen LogP contribution < -0.4 is 0 Å². The summed E-state index contributed by atoms with van der Waals surface area (Å²) in [6.45, 7) is 12.4. The van der Waals surface area contributed by atoms with Crippen molar-refractivity contribution in [2.75, 3.05) is 0 Å². The van der Waals surface area contributed by atoms with E-state index in [0.29, 0.717) is 21.9 Å². The second-order valence-electron chi connectivity index (χ2n) is 4.55. The zero-order valence-corrected chi connectivity index (χ0v) is 12.4. The number of hydrogen-bond acceptors (Lipinski definition) is 0. The molecule has 0 aliphatic rings. The van der Waals surface area contributed by atoms with E-state index in [0.717, 1.165) is 11.1 Å². The van der Waals surface area contributed by atoms with Gasteiger partial charge in [-0.15, -0.1) is 0 Å². The molecule has 0 heterocycles. The van der Waals surface area contributed by atoms with E-state index >= 15 is 0 Å². The van der Waals surface area contributed by atoms with Crippen LogP contribution in [-0.4, -0.2) is 0 Å². The molecule has 16 heavy (non-hydrogen) atoms. The first-order valence-corrected chi connectivity index (χ1v) is 6.27. The van der Waals surface area contributed by atoms with Gasteiger partial charge in [0.15, 0.2) is 0 Å². The normalized spacial score (nSPS) is 14.4. The third-order valence-electron chi connectivity index (χ3n) is 2.71. The van der Waals surface area contributed by atoms with Gasteiger partial charge in [-0.3, -0.25) is 0 Å². The summed E-state index contributed by atoms with van der Waals surface area (Å²) in [6, 6.07) is 0. The van der Waals surface area contributed by atoms with Gasteiger partial charge in [0.1, 0.15) is 0 Å². The Kier molecular flexibility index (Phi) is 6.88. The fraction of sp³-hybridized carbons (Fsp3) is 0.571. The Hall–Kier alpha value is -0.380. The summed E-state index contributed by atoms with van der Waals surface area (Å²) < 4.78 is 0. The molecular formula is C14H20Cl2. The van der Waals surface area contributed by atoms with Crippen LogP contribution in [0.15, 0.2) is 21.2 Å². The Bertz CT molecular complexity index is 326. The molecule has 0 atom stereocenters. The van der Waals surface area contributed by atoms with Crippen LogP contribution in [0.4, 0.5) is 0 Å². The molecule has 2 heteroatoms.